The number of hydrogen-bond donors (Lipinski definition) is 1. The van der Waals surface area contributed by atoms with Gasteiger partial charge in [-0.25, -0.2) is 8.42 Å². The van der Waals surface area contributed by atoms with Gasteiger partial charge in [0, 0.05) is 16.7 Å². The van der Waals surface area contributed by atoms with Gasteiger partial charge in [0.1, 0.15) is 0 Å². The van der Waals surface area contributed by atoms with E-state index >= 15 is 0 Å². The first-order valence-corrected chi connectivity index (χ1v) is 9.60. The molecule has 0 radical (unpaired) electrons. The molecule has 0 atom stereocenters. The van der Waals surface area contributed by atoms with E-state index in [2.05, 4.69) is 9.88 Å². The molecule has 7 heteroatoms. The lowest BCUT2D eigenvalue weighted by molar-refractivity contribution is 0.427. The predicted octanol–water partition coefficient (Wildman–Crippen LogP) is 4.67. The molecule has 3 aromatic rings. The van der Waals surface area contributed by atoms with Crippen molar-refractivity contribution >= 4 is 27.3 Å². The van der Waals surface area contributed by atoms with Crippen LogP contribution in [0.3, 0.4) is 0 Å². The van der Waals surface area contributed by atoms with Gasteiger partial charge < -0.3 is 4.52 Å². The minimum Gasteiger partial charge on any atom is -0.356 e. The minimum atomic E-state index is -3.77. The van der Waals surface area contributed by atoms with Crippen LogP contribution in [-0.2, 0) is 16.4 Å². The molecule has 0 unspecified atom stereocenters. The summed E-state index contributed by atoms with van der Waals surface area (Å²) in [6, 6.07) is 13.6. The predicted molar refractivity (Wildman–Crippen MR) is 98.3 cm³/mol. The summed E-state index contributed by atoms with van der Waals surface area (Å²) < 4.78 is 33.6. The third-order valence-electron chi connectivity index (χ3n) is 3.73. The van der Waals surface area contributed by atoms with E-state index in [1.54, 1.807) is 42.5 Å². The Hall–Kier alpha value is -2.31. The zero-order chi connectivity index (χ0) is 18.0. The van der Waals surface area contributed by atoms with E-state index in [4.69, 9.17) is 16.1 Å². The topological polar surface area (TPSA) is 72.2 Å². The number of sulfonamides is 1. The van der Waals surface area contributed by atoms with E-state index in [-0.39, 0.29) is 4.90 Å². The Balaban J connectivity index is 2.04. The van der Waals surface area contributed by atoms with Gasteiger partial charge in [-0.05, 0) is 43.2 Å². The molecule has 0 fully saturated rings. The fourth-order valence-corrected chi connectivity index (χ4v) is 4.09. The molecule has 130 valence electrons. The molecule has 25 heavy (non-hydrogen) atoms. The SMILES string of the molecule is CCc1ccc(-c2cc(C)no2)cc1S(=O)(=O)Nc1cccc(Cl)c1. The summed E-state index contributed by atoms with van der Waals surface area (Å²) in [5.74, 6) is 0.527. The third-order valence-corrected chi connectivity index (χ3v) is 5.43. The number of benzene rings is 2. The van der Waals surface area contributed by atoms with Crippen molar-refractivity contribution < 1.29 is 12.9 Å². The van der Waals surface area contributed by atoms with E-state index in [0.29, 0.717) is 28.5 Å². The van der Waals surface area contributed by atoms with Crippen LogP contribution in [0.25, 0.3) is 11.3 Å². The van der Waals surface area contributed by atoms with Crippen LogP contribution in [0.4, 0.5) is 5.69 Å². The number of anilines is 1. The summed E-state index contributed by atoms with van der Waals surface area (Å²) in [5.41, 5.74) is 2.52. The lowest BCUT2D eigenvalue weighted by Gasteiger charge is -2.13. The van der Waals surface area contributed by atoms with Gasteiger partial charge in [0.15, 0.2) is 5.76 Å². The van der Waals surface area contributed by atoms with Gasteiger partial charge in [0.05, 0.1) is 16.3 Å². The van der Waals surface area contributed by atoms with Gasteiger partial charge in [0.2, 0.25) is 0 Å². The maximum absolute atomic E-state index is 12.9. The van der Waals surface area contributed by atoms with Crippen LogP contribution < -0.4 is 4.72 Å². The van der Waals surface area contributed by atoms with Crippen molar-refractivity contribution in [1.82, 2.24) is 5.16 Å². The molecule has 1 N–H and O–H groups in total. The molecule has 5 nitrogen and oxygen atoms in total. The van der Waals surface area contributed by atoms with Crippen molar-refractivity contribution in [3.63, 3.8) is 0 Å². The van der Waals surface area contributed by atoms with Crippen LogP contribution >= 0.6 is 11.6 Å². The largest absolute Gasteiger partial charge is 0.356 e. The fraction of sp³-hybridized carbons (Fsp3) is 0.167. The number of rotatable bonds is 5. The van der Waals surface area contributed by atoms with Crippen LogP contribution in [0.2, 0.25) is 5.02 Å². The van der Waals surface area contributed by atoms with Crippen molar-refractivity contribution in [3.8, 4) is 11.3 Å². The molecular weight excluding hydrogens is 360 g/mol. The van der Waals surface area contributed by atoms with Crippen molar-refractivity contribution in [2.24, 2.45) is 0 Å². The average molecular weight is 377 g/mol. The molecule has 0 aliphatic heterocycles. The Labute approximate surface area is 151 Å². The molecule has 0 saturated carbocycles. The fourth-order valence-electron chi connectivity index (χ4n) is 2.51. The standard InChI is InChI=1S/C18H17ClN2O3S/c1-3-13-7-8-14(17-9-12(2)20-24-17)10-18(13)25(22,23)21-16-6-4-5-15(19)11-16/h4-11,21H,3H2,1-2H3. The lowest BCUT2D eigenvalue weighted by atomic mass is 10.1. The zero-order valence-corrected chi connectivity index (χ0v) is 15.4. The first-order chi connectivity index (χ1) is 11.9. The second kappa shape index (κ2) is 6.90. The second-order valence-corrected chi connectivity index (χ2v) is 7.71. The van der Waals surface area contributed by atoms with Crippen LogP contribution in [0.15, 0.2) is 57.9 Å². The summed E-state index contributed by atoms with van der Waals surface area (Å²) in [6.07, 6.45) is 0.585. The molecule has 3 rings (SSSR count). The van der Waals surface area contributed by atoms with Crippen LogP contribution in [-0.4, -0.2) is 13.6 Å². The van der Waals surface area contributed by atoms with Crippen molar-refractivity contribution in [2.45, 2.75) is 25.2 Å². The summed E-state index contributed by atoms with van der Waals surface area (Å²) in [5, 5.41) is 4.31. The van der Waals surface area contributed by atoms with Gasteiger partial charge in [-0.2, -0.15) is 0 Å². The highest BCUT2D eigenvalue weighted by Gasteiger charge is 2.20. The highest BCUT2D eigenvalue weighted by Crippen LogP contribution is 2.28. The maximum atomic E-state index is 12.9. The van der Waals surface area contributed by atoms with E-state index in [1.807, 2.05) is 19.9 Å². The molecule has 1 heterocycles. The summed E-state index contributed by atoms with van der Waals surface area (Å²) >= 11 is 5.93. The Morgan fingerprint density at radius 3 is 2.60 bits per heavy atom. The Morgan fingerprint density at radius 1 is 1.16 bits per heavy atom. The summed E-state index contributed by atoms with van der Waals surface area (Å²) in [4.78, 5) is 0.210. The average Bonchev–Trinajstić information content (AvgIpc) is 3.00. The molecule has 0 aliphatic carbocycles. The second-order valence-electron chi connectivity index (χ2n) is 5.62. The van der Waals surface area contributed by atoms with E-state index in [0.717, 1.165) is 11.3 Å². The molecule has 0 amide bonds. The molecular formula is C18H17ClN2O3S. The van der Waals surface area contributed by atoms with Crippen molar-refractivity contribution in [1.29, 1.82) is 0 Å². The number of hydrogen-bond acceptors (Lipinski definition) is 4. The smallest absolute Gasteiger partial charge is 0.262 e. The first kappa shape index (κ1) is 17.5. The number of aryl methyl sites for hydroxylation is 2. The number of halogens is 1. The van der Waals surface area contributed by atoms with E-state index < -0.39 is 10.0 Å². The lowest BCUT2D eigenvalue weighted by Crippen LogP contribution is -2.15. The van der Waals surface area contributed by atoms with Crippen molar-refractivity contribution in [3.05, 3.63) is 64.8 Å². The monoisotopic (exact) mass is 376 g/mol. The molecule has 2 aromatic carbocycles. The minimum absolute atomic E-state index is 0.210. The highest BCUT2D eigenvalue weighted by atomic mass is 35.5. The highest BCUT2D eigenvalue weighted by molar-refractivity contribution is 7.92. The van der Waals surface area contributed by atoms with Crippen molar-refractivity contribution in [2.75, 3.05) is 4.72 Å². The molecule has 0 bridgehead atoms. The van der Waals surface area contributed by atoms with Gasteiger partial charge in [-0.3, -0.25) is 4.72 Å². The molecule has 1 aromatic heterocycles. The van der Waals surface area contributed by atoms with Gasteiger partial charge in [-0.1, -0.05) is 41.9 Å². The van der Waals surface area contributed by atoms with Crippen LogP contribution in [0.5, 0.6) is 0 Å². The normalized spacial score (nSPS) is 11.5. The summed E-state index contributed by atoms with van der Waals surface area (Å²) in [7, 11) is -3.77. The number of nitrogens with one attached hydrogen (secondary N) is 1. The third kappa shape index (κ3) is 3.86. The quantitative estimate of drug-likeness (QED) is 0.702. The summed E-state index contributed by atoms with van der Waals surface area (Å²) in [6.45, 7) is 3.72. The molecule has 0 spiro atoms. The van der Waals surface area contributed by atoms with Gasteiger partial charge in [-0.15, -0.1) is 0 Å². The Kier molecular flexibility index (Phi) is 4.83. The number of nitrogens with zero attached hydrogens (tertiary/aromatic N) is 1. The van der Waals surface area contributed by atoms with Gasteiger partial charge in [0.25, 0.3) is 10.0 Å². The maximum Gasteiger partial charge on any atom is 0.262 e. The van der Waals surface area contributed by atoms with Crippen LogP contribution in [0.1, 0.15) is 18.2 Å². The van der Waals surface area contributed by atoms with E-state index in [9.17, 15) is 8.42 Å². The Bertz CT molecular complexity index is 1010. The van der Waals surface area contributed by atoms with Gasteiger partial charge >= 0.3 is 0 Å². The molecule has 0 saturated heterocycles. The molecule has 0 aliphatic rings. The Morgan fingerprint density at radius 2 is 1.96 bits per heavy atom. The number of aromatic nitrogens is 1. The zero-order valence-electron chi connectivity index (χ0n) is 13.8. The first-order valence-electron chi connectivity index (χ1n) is 7.74. The van der Waals surface area contributed by atoms with Crippen LogP contribution in [0, 0.1) is 6.92 Å². The van der Waals surface area contributed by atoms with E-state index in [1.165, 1.54) is 0 Å².